The molecule has 1 aliphatic heterocycles. The lowest BCUT2D eigenvalue weighted by Crippen LogP contribution is -2.30. The fourth-order valence-corrected chi connectivity index (χ4v) is 5.82. The molecule has 3 heterocycles. The molecule has 1 atom stereocenters. The van der Waals surface area contributed by atoms with Crippen molar-refractivity contribution in [3.63, 3.8) is 0 Å². The van der Waals surface area contributed by atoms with E-state index in [-0.39, 0.29) is 29.4 Å². The Hall–Kier alpha value is -4.26. The van der Waals surface area contributed by atoms with Crippen molar-refractivity contribution in [3.8, 4) is 11.6 Å². The lowest BCUT2D eigenvalue weighted by atomic mass is 10.1. The number of ether oxygens (including phenoxy) is 1. The molecule has 2 aromatic carbocycles. The lowest BCUT2D eigenvalue weighted by Gasteiger charge is -2.25. The molecule has 1 fully saturated rings. The van der Waals surface area contributed by atoms with Crippen LogP contribution >= 0.6 is 0 Å². The second-order valence-corrected chi connectivity index (χ2v) is 11.1. The number of methoxy groups -OCH3 is 1. The molecule has 0 amide bonds. The van der Waals surface area contributed by atoms with Gasteiger partial charge in [-0.25, -0.2) is 9.37 Å². The van der Waals surface area contributed by atoms with Crippen LogP contribution in [0.25, 0.3) is 10.8 Å². The van der Waals surface area contributed by atoms with Crippen LogP contribution in [0.1, 0.15) is 30.5 Å². The number of anilines is 5. The molecule has 0 radical (unpaired) electrons. The number of halogens is 4. The van der Waals surface area contributed by atoms with Gasteiger partial charge in [0.2, 0.25) is 11.8 Å². The molecule has 44 heavy (non-hydrogen) atoms. The van der Waals surface area contributed by atoms with Crippen molar-refractivity contribution in [3.05, 3.63) is 53.9 Å². The molecule has 1 saturated heterocycles. The number of alkyl halides is 4. The van der Waals surface area contributed by atoms with Crippen molar-refractivity contribution in [1.82, 2.24) is 19.4 Å². The van der Waals surface area contributed by atoms with Crippen molar-refractivity contribution in [2.24, 2.45) is 0 Å². The zero-order chi connectivity index (χ0) is 31.6. The van der Waals surface area contributed by atoms with E-state index in [9.17, 15) is 22.7 Å². The number of aryl methyl sites for hydroxylation is 1. The van der Waals surface area contributed by atoms with Gasteiger partial charge in [0.1, 0.15) is 23.8 Å². The Bertz CT molecular complexity index is 1620. The molecule has 0 spiro atoms. The molecule has 9 nitrogen and oxygen atoms in total. The van der Waals surface area contributed by atoms with E-state index in [0.717, 1.165) is 38.0 Å². The van der Waals surface area contributed by atoms with Crippen LogP contribution in [-0.2, 0) is 12.7 Å². The summed E-state index contributed by atoms with van der Waals surface area (Å²) in [5.41, 5.74) is 1.17. The van der Waals surface area contributed by atoms with Crippen LogP contribution in [0.3, 0.4) is 0 Å². The minimum Gasteiger partial charge on any atom is -0.494 e. The van der Waals surface area contributed by atoms with E-state index in [4.69, 9.17) is 4.74 Å². The third kappa shape index (κ3) is 6.33. The van der Waals surface area contributed by atoms with Gasteiger partial charge in [-0.3, -0.25) is 0 Å². The van der Waals surface area contributed by atoms with Gasteiger partial charge in [0, 0.05) is 48.2 Å². The normalized spacial score (nSPS) is 15.9. The molecule has 0 bridgehead atoms. The lowest BCUT2D eigenvalue weighted by molar-refractivity contribution is -0.137. The van der Waals surface area contributed by atoms with E-state index >= 15 is 0 Å². The fraction of sp³-hybridized carbons (Fsp3) is 0.419. The van der Waals surface area contributed by atoms with Gasteiger partial charge >= 0.3 is 6.18 Å². The molecule has 3 N–H and O–H groups in total. The maximum Gasteiger partial charge on any atom is 0.421 e. The summed E-state index contributed by atoms with van der Waals surface area (Å²) >= 11 is 0. The number of hydrogen-bond acceptors (Lipinski definition) is 8. The van der Waals surface area contributed by atoms with Crippen LogP contribution in [-0.4, -0.2) is 71.6 Å². The van der Waals surface area contributed by atoms with Crippen molar-refractivity contribution >= 4 is 39.6 Å². The first-order valence-corrected chi connectivity index (χ1v) is 14.5. The predicted molar refractivity (Wildman–Crippen MR) is 164 cm³/mol. The first-order valence-electron chi connectivity index (χ1n) is 14.5. The second kappa shape index (κ2) is 12.8. The summed E-state index contributed by atoms with van der Waals surface area (Å²) in [5.74, 6) is -0.343. The van der Waals surface area contributed by atoms with Crippen molar-refractivity contribution in [1.29, 1.82) is 0 Å². The molecular weight excluding hydrogens is 578 g/mol. The van der Waals surface area contributed by atoms with E-state index < -0.39 is 24.2 Å². The van der Waals surface area contributed by atoms with Gasteiger partial charge in [0.15, 0.2) is 0 Å². The van der Waals surface area contributed by atoms with Gasteiger partial charge in [-0.1, -0.05) is 12.1 Å². The molecule has 236 valence electrons. The summed E-state index contributed by atoms with van der Waals surface area (Å²) in [6.07, 6.45) is -0.831. The van der Waals surface area contributed by atoms with Crippen LogP contribution in [0.5, 0.6) is 11.6 Å². The molecule has 1 unspecified atom stereocenters. The van der Waals surface area contributed by atoms with Gasteiger partial charge in [-0.15, -0.1) is 0 Å². The molecule has 4 aromatic rings. The molecule has 13 heteroatoms. The third-order valence-electron chi connectivity index (χ3n) is 8.22. The summed E-state index contributed by atoms with van der Waals surface area (Å²) in [4.78, 5) is 12.7. The highest BCUT2D eigenvalue weighted by atomic mass is 19.4. The van der Waals surface area contributed by atoms with Crippen LogP contribution in [0.15, 0.2) is 42.6 Å². The van der Waals surface area contributed by atoms with Crippen molar-refractivity contribution in [2.45, 2.75) is 44.9 Å². The van der Waals surface area contributed by atoms with Gasteiger partial charge < -0.3 is 34.8 Å². The van der Waals surface area contributed by atoms with Gasteiger partial charge in [0.05, 0.1) is 30.4 Å². The Morgan fingerprint density at radius 2 is 1.89 bits per heavy atom. The first kappa shape index (κ1) is 31.2. The van der Waals surface area contributed by atoms with Gasteiger partial charge in [0.25, 0.3) is 0 Å². The summed E-state index contributed by atoms with van der Waals surface area (Å²) < 4.78 is 62.3. The summed E-state index contributed by atoms with van der Waals surface area (Å²) in [6.45, 7) is 2.72. The average molecular weight is 616 g/mol. The largest absolute Gasteiger partial charge is 0.494 e. The Balaban J connectivity index is 1.45. The van der Waals surface area contributed by atoms with Crippen LogP contribution < -0.4 is 20.3 Å². The molecule has 0 aliphatic carbocycles. The maximum atomic E-state index is 14.0. The smallest absolute Gasteiger partial charge is 0.421 e. The number of aromatic hydroxyl groups is 1. The van der Waals surface area contributed by atoms with Gasteiger partial charge in [-0.05, 0) is 58.5 Å². The average Bonchev–Trinajstić information content (AvgIpc) is 3.13. The van der Waals surface area contributed by atoms with E-state index in [1.807, 2.05) is 12.1 Å². The highest BCUT2D eigenvalue weighted by Crippen LogP contribution is 2.41. The fourth-order valence-electron chi connectivity index (χ4n) is 5.82. The van der Waals surface area contributed by atoms with E-state index in [2.05, 4.69) is 44.5 Å². The molecule has 0 saturated carbocycles. The van der Waals surface area contributed by atoms with E-state index in [1.54, 1.807) is 25.1 Å². The quantitative estimate of drug-likeness (QED) is 0.176. The number of hydrogen-bond donors (Lipinski definition) is 3. The van der Waals surface area contributed by atoms with Crippen molar-refractivity contribution in [2.75, 3.05) is 56.5 Å². The van der Waals surface area contributed by atoms with Gasteiger partial charge in [-0.2, -0.15) is 18.2 Å². The number of rotatable bonds is 9. The maximum absolute atomic E-state index is 14.0. The minimum atomic E-state index is -4.76. The number of nitrogens with zero attached hydrogens (tertiary/aromatic N) is 5. The topological polar surface area (TPSA) is 90.7 Å². The first-order chi connectivity index (χ1) is 21.0. The van der Waals surface area contributed by atoms with Crippen molar-refractivity contribution < 1.29 is 27.4 Å². The standard InChI is InChI=1S/C31H37F4N7O2/c1-19-22-8-5-9-25(27(22)29(43)42(19)16-13-32)37-28-23(31(33,34)35)18-36-30(39-28)38-24-11-10-21(17-26(24)44-4)41-14-6-7-20(12-15-41)40(2)3/h5,8-11,17-18,20,43H,6-7,12-16H2,1-4H3,(H2,36,37,38,39). The predicted octanol–water partition coefficient (Wildman–Crippen LogP) is 6.85. The number of fused-ring (bicyclic) bond motifs is 1. The SMILES string of the molecule is COc1cc(N2CCCC(N(C)C)CC2)ccc1Nc1ncc(C(F)(F)F)c(Nc2cccc3c(C)n(CCF)c(O)c23)n1. The minimum absolute atomic E-state index is 0.0854. The Kier molecular flexibility index (Phi) is 9.05. The summed E-state index contributed by atoms with van der Waals surface area (Å²) in [5, 5.41) is 17.4. The zero-order valence-corrected chi connectivity index (χ0v) is 25.2. The Labute approximate surface area is 253 Å². The van der Waals surface area contributed by atoms with Crippen LogP contribution in [0.2, 0.25) is 0 Å². The highest BCUT2D eigenvalue weighted by Gasteiger charge is 2.36. The van der Waals surface area contributed by atoms with E-state index in [1.165, 1.54) is 17.7 Å². The molecule has 2 aromatic heterocycles. The van der Waals surface area contributed by atoms with Crippen LogP contribution in [0, 0.1) is 6.92 Å². The number of aromatic nitrogens is 3. The third-order valence-corrected chi connectivity index (χ3v) is 8.22. The number of benzene rings is 2. The Morgan fingerprint density at radius 3 is 2.59 bits per heavy atom. The second-order valence-electron chi connectivity index (χ2n) is 11.1. The summed E-state index contributed by atoms with van der Waals surface area (Å²) in [6, 6.07) is 11.0. The van der Waals surface area contributed by atoms with Crippen LogP contribution in [0.4, 0.5) is 46.4 Å². The molecule has 1 aliphatic rings. The zero-order valence-electron chi connectivity index (χ0n) is 25.2. The molecule has 5 rings (SSSR count). The Morgan fingerprint density at radius 1 is 1.09 bits per heavy atom. The highest BCUT2D eigenvalue weighted by molar-refractivity contribution is 6.01. The molecular formula is C31H37F4N7O2. The monoisotopic (exact) mass is 615 g/mol. The number of nitrogens with one attached hydrogen (secondary N) is 2. The van der Waals surface area contributed by atoms with E-state index in [0.29, 0.717) is 34.8 Å². The summed E-state index contributed by atoms with van der Waals surface area (Å²) in [7, 11) is 5.73.